The van der Waals surface area contributed by atoms with Gasteiger partial charge in [-0.2, -0.15) is 0 Å². The summed E-state index contributed by atoms with van der Waals surface area (Å²) in [5.74, 6) is -1.76. The van der Waals surface area contributed by atoms with Crippen molar-refractivity contribution >= 4 is 42.6 Å². The Balaban J connectivity index is 1.86. The molecule has 1 aromatic heterocycles. The normalized spacial score (nSPS) is 14.6. The Labute approximate surface area is 212 Å². The van der Waals surface area contributed by atoms with E-state index in [2.05, 4.69) is 20.8 Å². The average molecular weight is 567 g/mol. The van der Waals surface area contributed by atoms with Crippen LogP contribution in [0.15, 0.2) is 34.8 Å². The van der Waals surface area contributed by atoms with E-state index in [1.807, 2.05) is 0 Å². The number of ether oxygens (including phenoxy) is 1. The zero-order valence-electron chi connectivity index (χ0n) is 19.7. The second-order valence-electron chi connectivity index (χ2n) is 8.82. The first-order valence-corrected chi connectivity index (χ1v) is 14.1. The van der Waals surface area contributed by atoms with Gasteiger partial charge < -0.3 is 14.4 Å². The molecular formula is C25H28BrFN2O5S. The zero-order chi connectivity index (χ0) is 25.3. The summed E-state index contributed by atoms with van der Waals surface area (Å²) in [6.45, 7) is 4.01. The largest absolute Gasteiger partial charge is 0.506 e. The number of carbonyl (C=O) groups is 1. The van der Waals surface area contributed by atoms with Crippen LogP contribution in [0.1, 0.15) is 46.9 Å². The van der Waals surface area contributed by atoms with E-state index in [9.17, 15) is 22.7 Å². The molecule has 1 saturated heterocycles. The predicted octanol–water partition coefficient (Wildman–Crippen LogP) is 4.67. The fraction of sp³-hybridized carbons (Fsp3) is 0.400. The molecule has 0 atom stereocenters. The van der Waals surface area contributed by atoms with Gasteiger partial charge in [-0.25, -0.2) is 17.6 Å². The molecule has 10 heteroatoms. The molecule has 0 aliphatic carbocycles. The van der Waals surface area contributed by atoms with Gasteiger partial charge in [0.15, 0.2) is 9.84 Å². The SMILES string of the molecule is CCOC(=O)c1c(CS(=O)(=O)Cc2ccc(F)cc2)n(C)c2cc(Br)c(O)c(CN3CCCC3)c12. The molecule has 188 valence electrons. The van der Waals surface area contributed by atoms with E-state index in [1.54, 1.807) is 24.6 Å². The molecule has 4 rings (SSSR count). The number of rotatable bonds is 8. The zero-order valence-corrected chi connectivity index (χ0v) is 22.1. The van der Waals surface area contributed by atoms with Gasteiger partial charge in [-0.3, -0.25) is 4.90 Å². The van der Waals surface area contributed by atoms with Crippen LogP contribution in [0.4, 0.5) is 4.39 Å². The van der Waals surface area contributed by atoms with E-state index >= 15 is 0 Å². The first-order chi connectivity index (χ1) is 16.6. The number of sulfone groups is 1. The smallest absolute Gasteiger partial charge is 0.340 e. The van der Waals surface area contributed by atoms with Crippen molar-refractivity contribution in [3.05, 3.63) is 63.0 Å². The second kappa shape index (κ2) is 10.3. The lowest BCUT2D eigenvalue weighted by molar-refractivity contribution is 0.0527. The summed E-state index contributed by atoms with van der Waals surface area (Å²) in [7, 11) is -2.03. The Morgan fingerprint density at radius 2 is 1.83 bits per heavy atom. The van der Waals surface area contributed by atoms with Gasteiger partial charge >= 0.3 is 5.97 Å². The van der Waals surface area contributed by atoms with Gasteiger partial charge in [0.1, 0.15) is 11.6 Å². The lowest BCUT2D eigenvalue weighted by Gasteiger charge is -2.18. The third-order valence-electron chi connectivity index (χ3n) is 6.35. The van der Waals surface area contributed by atoms with Crippen LogP contribution in [-0.4, -0.2) is 48.7 Å². The van der Waals surface area contributed by atoms with Crippen molar-refractivity contribution in [1.82, 2.24) is 9.47 Å². The van der Waals surface area contributed by atoms with E-state index in [-0.39, 0.29) is 23.7 Å². The number of halogens is 2. The topological polar surface area (TPSA) is 88.8 Å². The van der Waals surface area contributed by atoms with E-state index < -0.39 is 27.4 Å². The Kier molecular flexibility index (Phi) is 7.54. The monoisotopic (exact) mass is 566 g/mol. The molecule has 1 N–H and O–H groups in total. The number of fused-ring (bicyclic) bond motifs is 1. The number of nitrogens with zero attached hydrogens (tertiary/aromatic N) is 2. The second-order valence-corrected chi connectivity index (χ2v) is 11.7. The van der Waals surface area contributed by atoms with Crippen molar-refractivity contribution in [1.29, 1.82) is 0 Å². The summed E-state index contributed by atoms with van der Waals surface area (Å²) < 4.78 is 47.1. The minimum absolute atomic E-state index is 0.0290. The van der Waals surface area contributed by atoms with Gasteiger partial charge in [0, 0.05) is 30.2 Å². The molecule has 0 amide bonds. The summed E-state index contributed by atoms with van der Waals surface area (Å²) in [6, 6.07) is 7.00. The minimum atomic E-state index is -3.73. The van der Waals surface area contributed by atoms with Gasteiger partial charge in [0.05, 0.1) is 33.7 Å². The third kappa shape index (κ3) is 5.39. The van der Waals surface area contributed by atoms with E-state index in [0.29, 0.717) is 38.7 Å². The number of esters is 1. The molecule has 35 heavy (non-hydrogen) atoms. The fourth-order valence-corrected chi connectivity index (χ4v) is 6.70. The highest BCUT2D eigenvalue weighted by molar-refractivity contribution is 9.10. The molecule has 1 fully saturated rings. The standard InChI is InChI=1S/C25H28BrFN2O5S/c1-3-34-25(31)23-21(15-35(32,33)14-16-6-8-17(27)9-7-16)28(2)20-12-19(26)24(30)18(22(20)23)13-29-10-4-5-11-29/h6-9,12,30H,3-5,10-11,13-15H2,1-2H3. The average Bonchev–Trinajstić information content (AvgIpc) is 3.40. The van der Waals surface area contributed by atoms with Crippen LogP contribution in [0.2, 0.25) is 0 Å². The summed E-state index contributed by atoms with van der Waals surface area (Å²) in [6.07, 6.45) is 2.12. The van der Waals surface area contributed by atoms with Gasteiger partial charge in [-0.15, -0.1) is 0 Å². The number of aromatic nitrogens is 1. The Hall–Kier alpha value is -2.43. The number of phenols is 1. The molecule has 0 radical (unpaired) electrons. The molecule has 2 heterocycles. The van der Waals surface area contributed by atoms with Gasteiger partial charge in [-0.1, -0.05) is 12.1 Å². The molecule has 0 bridgehead atoms. The van der Waals surface area contributed by atoms with Crippen molar-refractivity contribution < 1.29 is 27.4 Å². The van der Waals surface area contributed by atoms with E-state index in [1.165, 1.54) is 24.3 Å². The summed E-state index contributed by atoms with van der Waals surface area (Å²) in [5.41, 5.74) is 2.10. The molecular weight excluding hydrogens is 539 g/mol. The fourth-order valence-electron chi connectivity index (χ4n) is 4.68. The van der Waals surface area contributed by atoms with Crippen LogP contribution in [0.25, 0.3) is 10.9 Å². The van der Waals surface area contributed by atoms with Crippen LogP contribution in [0.3, 0.4) is 0 Å². The molecule has 0 saturated carbocycles. The summed E-state index contributed by atoms with van der Waals surface area (Å²) in [4.78, 5) is 15.4. The number of carbonyl (C=O) groups excluding carboxylic acids is 1. The number of aromatic hydroxyl groups is 1. The summed E-state index contributed by atoms with van der Waals surface area (Å²) in [5, 5.41) is 11.5. The molecule has 1 aliphatic rings. The molecule has 1 aliphatic heterocycles. The highest BCUT2D eigenvalue weighted by Crippen LogP contribution is 2.40. The number of hydrogen-bond donors (Lipinski definition) is 1. The first kappa shape index (κ1) is 25.7. The van der Waals surface area contributed by atoms with Crippen LogP contribution in [0, 0.1) is 5.82 Å². The van der Waals surface area contributed by atoms with Gasteiger partial charge in [0.2, 0.25) is 0 Å². The quantitative estimate of drug-likeness (QED) is 0.398. The number of phenolic OH excluding ortho intramolecular Hbond substituents is 1. The van der Waals surface area contributed by atoms with Crippen molar-refractivity contribution in [2.75, 3.05) is 19.7 Å². The van der Waals surface area contributed by atoms with Crippen molar-refractivity contribution in [2.24, 2.45) is 7.05 Å². The maximum atomic E-state index is 13.3. The molecule has 0 unspecified atom stereocenters. The van der Waals surface area contributed by atoms with Crippen molar-refractivity contribution in [3.63, 3.8) is 0 Å². The Bertz CT molecular complexity index is 1360. The van der Waals surface area contributed by atoms with Crippen LogP contribution in [0.5, 0.6) is 5.75 Å². The van der Waals surface area contributed by atoms with E-state index in [4.69, 9.17) is 4.74 Å². The lowest BCUT2D eigenvalue weighted by atomic mass is 10.0. The van der Waals surface area contributed by atoms with Gasteiger partial charge in [0.25, 0.3) is 0 Å². The van der Waals surface area contributed by atoms with Gasteiger partial charge in [-0.05, 0) is 72.5 Å². The third-order valence-corrected chi connectivity index (χ3v) is 8.45. The highest BCUT2D eigenvalue weighted by Gasteiger charge is 2.30. The number of hydrogen-bond acceptors (Lipinski definition) is 6. The lowest BCUT2D eigenvalue weighted by Crippen LogP contribution is -2.19. The summed E-state index contributed by atoms with van der Waals surface area (Å²) >= 11 is 3.42. The molecule has 0 spiro atoms. The van der Waals surface area contributed by atoms with E-state index in [0.717, 1.165) is 25.9 Å². The Morgan fingerprint density at radius 3 is 2.46 bits per heavy atom. The van der Waals surface area contributed by atoms with Crippen molar-refractivity contribution in [2.45, 2.75) is 37.8 Å². The number of benzene rings is 2. The maximum absolute atomic E-state index is 13.3. The Morgan fingerprint density at radius 1 is 1.17 bits per heavy atom. The highest BCUT2D eigenvalue weighted by atomic mass is 79.9. The predicted molar refractivity (Wildman–Crippen MR) is 135 cm³/mol. The molecule has 3 aromatic rings. The first-order valence-electron chi connectivity index (χ1n) is 11.5. The van der Waals surface area contributed by atoms with Crippen LogP contribution < -0.4 is 0 Å². The molecule has 7 nitrogen and oxygen atoms in total. The maximum Gasteiger partial charge on any atom is 0.340 e. The van der Waals surface area contributed by atoms with Crippen LogP contribution >= 0.6 is 15.9 Å². The number of aryl methyl sites for hydroxylation is 1. The molecule has 2 aromatic carbocycles. The number of likely N-dealkylation sites (tertiary alicyclic amines) is 1. The van der Waals surface area contributed by atoms with Crippen molar-refractivity contribution in [3.8, 4) is 5.75 Å². The minimum Gasteiger partial charge on any atom is -0.506 e. The van der Waals surface area contributed by atoms with Crippen LogP contribution in [-0.2, 0) is 39.7 Å².